The number of nitrogens with one attached hydrogen (secondary N) is 2. The summed E-state index contributed by atoms with van der Waals surface area (Å²) in [4.78, 5) is 22.7. The number of anilines is 2. The molecule has 1 aromatic heterocycles. The van der Waals surface area contributed by atoms with Crippen molar-refractivity contribution in [1.29, 1.82) is 0 Å². The first kappa shape index (κ1) is 15.6. The van der Waals surface area contributed by atoms with Crippen LogP contribution in [0.15, 0.2) is 42.7 Å². The first-order valence-electron chi connectivity index (χ1n) is 7.56. The summed E-state index contributed by atoms with van der Waals surface area (Å²) in [7, 11) is 0. The molecule has 0 atom stereocenters. The van der Waals surface area contributed by atoms with E-state index in [2.05, 4.69) is 25.5 Å². The fraction of sp³-hybridized carbons (Fsp3) is 0.312. The highest BCUT2D eigenvalue weighted by molar-refractivity contribution is 6.30. The van der Waals surface area contributed by atoms with Crippen LogP contribution in [0.2, 0.25) is 5.02 Å². The molecular weight excluding hydrogens is 314 g/mol. The monoisotopic (exact) mass is 331 g/mol. The number of aromatic nitrogens is 2. The minimum Gasteiger partial charge on any atom is -0.341 e. The highest BCUT2D eigenvalue weighted by atomic mass is 35.5. The van der Waals surface area contributed by atoms with Crippen LogP contribution in [0.3, 0.4) is 0 Å². The molecule has 2 aromatic rings. The molecule has 0 radical (unpaired) electrons. The van der Waals surface area contributed by atoms with Crippen molar-refractivity contribution >= 4 is 29.3 Å². The maximum Gasteiger partial charge on any atom is 0.319 e. The Balaban J connectivity index is 1.47. The quantitative estimate of drug-likeness (QED) is 0.907. The molecule has 2 N–H and O–H groups in total. The fourth-order valence-electron chi connectivity index (χ4n) is 2.56. The van der Waals surface area contributed by atoms with E-state index >= 15 is 0 Å². The topological polar surface area (TPSA) is 70.2 Å². The second-order valence-electron chi connectivity index (χ2n) is 5.42. The molecule has 2 heterocycles. The number of hydrogen-bond donors (Lipinski definition) is 2. The summed E-state index contributed by atoms with van der Waals surface area (Å²) >= 11 is 5.82. The van der Waals surface area contributed by atoms with Crippen molar-refractivity contribution in [3.05, 3.63) is 47.7 Å². The van der Waals surface area contributed by atoms with Crippen molar-refractivity contribution in [2.45, 2.75) is 18.9 Å². The van der Waals surface area contributed by atoms with Gasteiger partial charge in [0.1, 0.15) is 0 Å². The van der Waals surface area contributed by atoms with Crippen molar-refractivity contribution in [1.82, 2.24) is 15.3 Å². The van der Waals surface area contributed by atoms with Gasteiger partial charge in [0.15, 0.2) is 0 Å². The predicted octanol–water partition coefficient (Wildman–Crippen LogP) is 2.92. The summed E-state index contributed by atoms with van der Waals surface area (Å²) in [5, 5.41) is 6.46. The number of rotatable bonds is 3. The highest BCUT2D eigenvalue weighted by Crippen LogP contribution is 2.16. The maximum atomic E-state index is 12.0. The van der Waals surface area contributed by atoms with E-state index in [9.17, 15) is 4.79 Å². The van der Waals surface area contributed by atoms with Gasteiger partial charge in [-0.1, -0.05) is 11.6 Å². The summed E-state index contributed by atoms with van der Waals surface area (Å²) in [6.07, 6.45) is 5.22. The van der Waals surface area contributed by atoms with E-state index < -0.39 is 0 Å². The van der Waals surface area contributed by atoms with Gasteiger partial charge in [0.05, 0.1) is 0 Å². The van der Waals surface area contributed by atoms with Crippen molar-refractivity contribution < 1.29 is 4.79 Å². The van der Waals surface area contributed by atoms with Crippen LogP contribution in [0, 0.1) is 0 Å². The zero-order valence-corrected chi connectivity index (χ0v) is 13.3. The Morgan fingerprint density at radius 1 is 1.13 bits per heavy atom. The molecule has 0 spiro atoms. The lowest BCUT2D eigenvalue weighted by atomic mass is 10.1. The van der Waals surface area contributed by atoms with Crippen molar-refractivity contribution in [3.8, 4) is 0 Å². The van der Waals surface area contributed by atoms with Crippen LogP contribution < -0.4 is 15.5 Å². The van der Waals surface area contributed by atoms with Crippen molar-refractivity contribution in [3.63, 3.8) is 0 Å². The SMILES string of the molecule is O=C(Nc1ccc(Cl)cc1)NC1CCN(c2ncccn2)CC1. The third-order valence-electron chi connectivity index (χ3n) is 3.77. The highest BCUT2D eigenvalue weighted by Gasteiger charge is 2.22. The molecule has 0 aliphatic carbocycles. The minimum atomic E-state index is -0.193. The van der Waals surface area contributed by atoms with Gasteiger partial charge in [0.2, 0.25) is 5.95 Å². The zero-order chi connectivity index (χ0) is 16.1. The second kappa shape index (κ2) is 7.28. The molecule has 0 bridgehead atoms. The number of halogens is 1. The lowest BCUT2D eigenvalue weighted by Crippen LogP contribution is -2.46. The van der Waals surface area contributed by atoms with E-state index in [0.29, 0.717) is 5.02 Å². The molecule has 1 aliphatic heterocycles. The van der Waals surface area contributed by atoms with Crippen molar-refractivity contribution in [2.24, 2.45) is 0 Å². The molecule has 23 heavy (non-hydrogen) atoms. The van der Waals surface area contributed by atoms with Gasteiger partial charge in [0, 0.05) is 42.2 Å². The van der Waals surface area contributed by atoms with Gasteiger partial charge in [-0.2, -0.15) is 0 Å². The lowest BCUT2D eigenvalue weighted by Gasteiger charge is -2.32. The average molecular weight is 332 g/mol. The Bertz CT molecular complexity index is 641. The van der Waals surface area contributed by atoms with Crippen LogP contribution >= 0.6 is 11.6 Å². The predicted molar refractivity (Wildman–Crippen MR) is 90.9 cm³/mol. The summed E-state index contributed by atoms with van der Waals surface area (Å²) in [6, 6.07) is 8.81. The second-order valence-corrected chi connectivity index (χ2v) is 5.85. The molecular formula is C16H18ClN5O. The lowest BCUT2D eigenvalue weighted by molar-refractivity contribution is 0.246. The van der Waals surface area contributed by atoms with E-state index in [1.54, 1.807) is 42.7 Å². The molecule has 2 amide bonds. The Morgan fingerprint density at radius 3 is 2.43 bits per heavy atom. The third-order valence-corrected chi connectivity index (χ3v) is 4.02. The van der Waals surface area contributed by atoms with Crippen LogP contribution in [0.25, 0.3) is 0 Å². The first-order chi connectivity index (χ1) is 11.2. The molecule has 1 fully saturated rings. The molecule has 1 aliphatic rings. The minimum absolute atomic E-state index is 0.155. The summed E-state index contributed by atoms with van der Waals surface area (Å²) in [5.41, 5.74) is 0.724. The molecule has 1 aromatic carbocycles. The van der Waals surface area contributed by atoms with Crippen LogP contribution in [-0.4, -0.2) is 35.1 Å². The zero-order valence-electron chi connectivity index (χ0n) is 12.6. The van der Waals surface area contributed by atoms with Gasteiger partial charge in [-0.25, -0.2) is 14.8 Å². The Labute approximate surface area is 139 Å². The molecule has 1 saturated heterocycles. The summed E-state index contributed by atoms with van der Waals surface area (Å²) in [6.45, 7) is 1.66. The standard InChI is InChI=1S/C16H18ClN5O/c17-12-2-4-13(5-3-12)20-16(23)21-14-6-10-22(11-7-14)15-18-8-1-9-19-15/h1-5,8-9,14H,6-7,10-11H2,(H2,20,21,23). The number of urea groups is 1. The number of piperidine rings is 1. The maximum absolute atomic E-state index is 12.0. The average Bonchev–Trinajstić information content (AvgIpc) is 2.58. The van der Waals surface area contributed by atoms with Gasteiger partial charge < -0.3 is 15.5 Å². The smallest absolute Gasteiger partial charge is 0.319 e. The Kier molecular flexibility index (Phi) is 4.92. The Hall–Kier alpha value is -2.34. The van der Waals surface area contributed by atoms with Crippen LogP contribution in [-0.2, 0) is 0 Å². The third kappa shape index (κ3) is 4.32. The molecule has 120 valence electrons. The van der Waals surface area contributed by atoms with Gasteiger partial charge in [-0.05, 0) is 43.2 Å². The molecule has 3 rings (SSSR count). The van der Waals surface area contributed by atoms with Gasteiger partial charge >= 0.3 is 6.03 Å². The molecule has 0 unspecified atom stereocenters. The number of carbonyl (C=O) groups is 1. The fourth-order valence-corrected chi connectivity index (χ4v) is 2.69. The normalized spacial score (nSPS) is 15.3. The van der Waals surface area contributed by atoms with E-state index in [-0.39, 0.29) is 12.1 Å². The van der Waals surface area contributed by atoms with Crippen molar-refractivity contribution in [2.75, 3.05) is 23.3 Å². The van der Waals surface area contributed by atoms with Crippen LogP contribution in [0.5, 0.6) is 0 Å². The number of amides is 2. The van der Waals surface area contributed by atoms with Gasteiger partial charge in [0.25, 0.3) is 0 Å². The number of benzene rings is 1. The number of nitrogens with zero attached hydrogens (tertiary/aromatic N) is 3. The first-order valence-corrected chi connectivity index (χ1v) is 7.93. The van der Waals surface area contributed by atoms with Crippen LogP contribution in [0.4, 0.5) is 16.4 Å². The van der Waals surface area contributed by atoms with Crippen LogP contribution in [0.1, 0.15) is 12.8 Å². The Morgan fingerprint density at radius 2 is 1.78 bits per heavy atom. The van der Waals surface area contributed by atoms with E-state index in [1.165, 1.54) is 0 Å². The number of hydrogen-bond acceptors (Lipinski definition) is 4. The van der Waals surface area contributed by atoms with E-state index in [1.807, 2.05) is 0 Å². The van der Waals surface area contributed by atoms with E-state index in [4.69, 9.17) is 11.6 Å². The molecule has 6 nitrogen and oxygen atoms in total. The summed E-state index contributed by atoms with van der Waals surface area (Å²) < 4.78 is 0. The molecule has 7 heteroatoms. The number of carbonyl (C=O) groups excluding carboxylic acids is 1. The molecule has 0 saturated carbocycles. The van der Waals surface area contributed by atoms with Gasteiger partial charge in [-0.15, -0.1) is 0 Å². The summed E-state index contributed by atoms with van der Waals surface area (Å²) in [5.74, 6) is 0.747. The van der Waals surface area contributed by atoms with Gasteiger partial charge in [-0.3, -0.25) is 0 Å². The largest absolute Gasteiger partial charge is 0.341 e. The van der Waals surface area contributed by atoms with E-state index in [0.717, 1.165) is 37.6 Å².